The third-order valence-corrected chi connectivity index (χ3v) is 5.17. The van der Waals surface area contributed by atoms with Crippen LogP contribution in [-0.4, -0.2) is 18.5 Å². The van der Waals surface area contributed by atoms with Crippen LogP contribution in [-0.2, 0) is 6.54 Å². The molecule has 0 N–H and O–H groups in total. The van der Waals surface area contributed by atoms with Crippen LogP contribution in [0.2, 0.25) is 5.02 Å². The van der Waals surface area contributed by atoms with Crippen LogP contribution in [0.15, 0.2) is 72.8 Å². The Morgan fingerprint density at radius 2 is 1.67 bits per heavy atom. The molecule has 3 aromatic carbocycles. The third kappa shape index (κ3) is 2.86. The second-order valence-electron chi connectivity index (χ2n) is 6.55. The van der Waals surface area contributed by atoms with Gasteiger partial charge in [0.1, 0.15) is 0 Å². The summed E-state index contributed by atoms with van der Waals surface area (Å²) in [5.74, 6) is 0.431. The maximum absolute atomic E-state index is 6.38. The van der Waals surface area contributed by atoms with Gasteiger partial charge in [0.05, 0.1) is 0 Å². The van der Waals surface area contributed by atoms with Gasteiger partial charge in [-0.05, 0) is 41.4 Å². The molecule has 120 valence electrons. The van der Waals surface area contributed by atoms with Crippen LogP contribution in [0, 0.1) is 0 Å². The standard InChI is InChI=1S/C22H20ClN/c1-24-14-18-13-17(20-9-5-6-10-22(20)23)11-12-19(18)21(15-24)16-7-3-2-4-8-16/h2-13,21H,14-15H2,1H3/t21-/m0/s1. The Morgan fingerprint density at radius 1 is 0.917 bits per heavy atom. The van der Waals surface area contributed by atoms with Gasteiger partial charge in [0.25, 0.3) is 0 Å². The van der Waals surface area contributed by atoms with Gasteiger partial charge < -0.3 is 4.90 Å². The molecule has 0 radical (unpaired) electrons. The van der Waals surface area contributed by atoms with E-state index in [9.17, 15) is 0 Å². The molecule has 0 saturated heterocycles. The van der Waals surface area contributed by atoms with Crippen LogP contribution >= 0.6 is 11.6 Å². The van der Waals surface area contributed by atoms with Crippen molar-refractivity contribution >= 4 is 11.6 Å². The fourth-order valence-corrected chi connectivity index (χ4v) is 3.93. The topological polar surface area (TPSA) is 3.24 Å². The largest absolute Gasteiger partial charge is 0.301 e. The van der Waals surface area contributed by atoms with Gasteiger partial charge in [0.2, 0.25) is 0 Å². The molecule has 0 bridgehead atoms. The second kappa shape index (κ2) is 6.43. The number of halogens is 1. The minimum atomic E-state index is 0.431. The summed E-state index contributed by atoms with van der Waals surface area (Å²) < 4.78 is 0. The Labute approximate surface area is 148 Å². The minimum Gasteiger partial charge on any atom is -0.301 e. The molecular weight excluding hydrogens is 314 g/mol. The van der Waals surface area contributed by atoms with Crippen molar-refractivity contribution in [3.63, 3.8) is 0 Å². The highest BCUT2D eigenvalue weighted by Gasteiger charge is 2.25. The average molecular weight is 334 g/mol. The molecule has 1 atom stereocenters. The highest BCUT2D eigenvalue weighted by molar-refractivity contribution is 6.33. The molecule has 1 aliphatic rings. The summed E-state index contributed by atoms with van der Waals surface area (Å²) in [6.45, 7) is 2.04. The van der Waals surface area contributed by atoms with Gasteiger partial charge in [-0.1, -0.05) is 72.3 Å². The maximum atomic E-state index is 6.38. The van der Waals surface area contributed by atoms with E-state index in [1.807, 2.05) is 18.2 Å². The lowest BCUT2D eigenvalue weighted by atomic mass is 9.83. The van der Waals surface area contributed by atoms with Gasteiger partial charge in [-0.3, -0.25) is 0 Å². The molecule has 0 aliphatic carbocycles. The van der Waals surface area contributed by atoms with E-state index in [1.54, 1.807) is 0 Å². The summed E-state index contributed by atoms with van der Waals surface area (Å²) in [5.41, 5.74) is 6.52. The first-order valence-electron chi connectivity index (χ1n) is 8.33. The average Bonchev–Trinajstić information content (AvgIpc) is 2.61. The molecule has 4 rings (SSSR count). The van der Waals surface area contributed by atoms with Crippen molar-refractivity contribution in [3.8, 4) is 11.1 Å². The Hall–Kier alpha value is -2.09. The van der Waals surface area contributed by atoms with E-state index >= 15 is 0 Å². The number of hydrogen-bond donors (Lipinski definition) is 0. The van der Waals surface area contributed by atoms with Gasteiger partial charge in [-0.15, -0.1) is 0 Å². The number of likely N-dealkylation sites (N-methyl/N-ethyl adjacent to an activating group) is 1. The van der Waals surface area contributed by atoms with Crippen LogP contribution in [0.3, 0.4) is 0 Å². The lowest BCUT2D eigenvalue weighted by Gasteiger charge is -2.33. The Balaban J connectivity index is 1.79. The summed E-state index contributed by atoms with van der Waals surface area (Å²) in [6.07, 6.45) is 0. The summed E-state index contributed by atoms with van der Waals surface area (Å²) in [5, 5.41) is 0.807. The van der Waals surface area contributed by atoms with Crippen molar-refractivity contribution in [2.24, 2.45) is 0 Å². The first kappa shape index (κ1) is 15.4. The molecule has 2 heteroatoms. The SMILES string of the molecule is CN1Cc2cc(-c3ccccc3Cl)ccc2[C@H](c2ccccc2)C1. The number of nitrogens with zero attached hydrogens (tertiary/aromatic N) is 1. The normalized spacial score (nSPS) is 17.5. The fraction of sp³-hybridized carbons (Fsp3) is 0.182. The van der Waals surface area contributed by atoms with E-state index in [2.05, 4.69) is 66.5 Å². The molecule has 0 amide bonds. The monoisotopic (exact) mass is 333 g/mol. The number of benzene rings is 3. The molecular formula is C22H20ClN. The van der Waals surface area contributed by atoms with E-state index in [0.717, 1.165) is 23.7 Å². The molecule has 0 aromatic heterocycles. The quantitative estimate of drug-likeness (QED) is 0.591. The van der Waals surface area contributed by atoms with E-state index in [0.29, 0.717) is 5.92 Å². The predicted octanol–water partition coefficient (Wildman–Crippen LogP) is 5.58. The number of fused-ring (bicyclic) bond motifs is 1. The van der Waals surface area contributed by atoms with Crippen LogP contribution < -0.4 is 0 Å². The molecule has 1 aliphatic heterocycles. The van der Waals surface area contributed by atoms with Crippen LogP contribution in [0.4, 0.5) is 0 Å². The van der Waals surface area contributed by atoms with Crippen molar-refractivity contribution in [2.45, 2.75) is 12.5 Å². The highest BCUT2D eigenvalue weighted by Crippen LogP contribution is 2.36. The van der Waals surface area contributed by atoms with Crippen molar-refractivity contribution in [3.05, 3.63) is 94.5 Å². The number of hydrogen-bond acceptors (Lipinski definition) is 1. The van der Waals surface area contributed by atoms with Gasteiger partial charge in [0.15, 0.2) is 0 Å². The molecule has 0 fully saturated rings. The smallest absolute Gasteiger partial charge is 0.0484 e. The molecule has 24 heavy (non-hydrogen) atoms. The molecule has 0 saturated carbocycles. The minimum absolute atomic E-state index is 0.431. The van der Waals surface area contributed by atoms with Crippen LogP contribution in [0.1, 0.15) is 22.6 Å². The molecule has 0 unspecified atom stereocenters. The lowest BCUT2D eigenvalue weighted by Crippen LogP contribution is -2.30. The molecule has 3 aromatic rings. The zero-order chi connectivity index (χ0) is 16.5. The van der Waals surface area contributed by atoms with E-state index in [-0.39, 0.29) is 0 Å². The first-order valence-corrected chi connectivity index (χ1v) is 8.71. The van der Waals surface area contributed by atoms with Gasteiger partial charge in [0, 0.05) is 29.6 Å². The third-order valence-electron chi connectivity index (χ3n) is 4.84. The van der Waals surface area contributed by atoms with Crippen molar-refractivity contribution in [1.82, 2.24) is 4.90 Å². The van der Waals surface area contributed by atoms with Gasteiger partial charge in [-0.2, -0.15) is 0 Å². The van der Waals surface area contributed by atoms with Gasteiger partial charge in [-0.25, -0.2) is 0 Å². The van der Waals surface area contributed by atoms with E-state index in [4.69, 9.17) is 11.6 Å². The summed E-state index contributed by atoms with van der Waals surface area (Å²) in [6, 6.07) is 25.7. The van der Waals surface area contributed by atoms with Crippen molar-refractivity contribution < 1.29 is 0 Å². The Kier molecular flexibility index (Phi) is 4.13. The first-order chi connectivity index (χ1) is 11.7. The predicted molar refractivity (Wildman–Crippen MR) is 102 cm³/mol. The Morgan fingerprint density at radius 3 is 2.46 bits per heavy atom. The summed E-state index contributed by atoms with van der Waals surface area (Å²) >= 11 is 6.38. The van der Waals surface area contributed by atoms with Crippen molar-refractivity contribution in [2.75, 3.05) is 13.6 Å². The van der Waals surface area contributed by atoms with Crippen LogP contribution in [0.25, 0.3) is 11.1 Å². The Bertz CT molecular complexity index is 857. The highest BCUT2D eigenvalue weighted by atomic mass is 35.5. The van der Waals surface area contributed by atoms with E-state index in [1.165, 1.54) is 22.3 Å². The lowest BCUT2D eigenvalue weighted by molar-refractivity contribution is 0.295. The zero-order valence-electron chi connectivity index (χ0n) is 13.7. The summed E-state index contributed by atoms with van der Waals surface area (Å²) in [7, 11) is 2.20. The molecule has 0 spiro atoms. The second-order valence-corrected chi connectivity index (χ2v) is 6.96. The summed E-state index contributed by atoms with van der Waals surface area (Å²) in [4.78, 5) is 2.40. The van der Waals surface area contributed by atoms with Crippen LogP contribution in [0.5, 0.6) is 0 Å². The van der Waals surface area contributed by atoms with E-state index < -0.39 is 0 Å². The number of rotatable bonds is 2. The maximum Gasteiger partial charge on any atom is 0.0484 e. The molecule has 1 heterocycles. The fourth-order valence-electron chi connectivity index (χ4n) is 3.68. The molecule has 1 nitrogen and oxygen atoms in total. The van der Waals surface area contributed by atoms with Crippen molar-refractivity contribution in [1.29, 1.82) is 0 Å². The zero-order valence-corrected chi connectivity index (χ0v) is 14.5. The van der Waals surface area contributed by atoms with Gasteiger partial charge >= 0.3 is 0 Å².